The molecule has 0 saturated carbocycles. The van der Waals surface area contributed by atoms with Gasteiger partial charge in [-0.15, -0.1) is 0 Å². The molecule has 3 heteroatoms. The maximum Gasteiger partial charge on any atom is 0.0665 e. The average molecular weight is 355 g/mol. The first-order valence-electron chi connectivity index (χ1n) is 10.0. The van der Waals surface area contributed by atoms with Crippen molar-refractivity contribution in [2.75, 3.05) is 26.2 Å². The summed E-state index contributed by atoms with van der Waals surface area (Å²) in [7, 11) is 0. The Kier molecular flexibility index (Phi) is 4.46. The van der Waals surface area contributed by atoms with Crippen molar-refractivity contribution >= 4 is 23.2 Å². The molecule has 2 aromatic carbocycles. The fourth-order valence-corrected chi connectivity index (χ4v) is 4.33. The Balaban J connectivity index is 1.24. The lowest BCUT2D eigenvalue weighted by Crippen LogP contribution is -2.26. The van der Waals surface area contributed by atoms with Crippen molar-refractivity contribution in [1.82, 2.24) is 4.90 Å². The largest absolute Gasteiger partial charge is 0.298 e. The second-order valence-electron chi connectivity index (χ2n) is 7.86. The van der Waals surface area contributed by atoms with Crippen LogP contribution in [0.5, 0.6) is 0 Å². The van der Waals surface area contributed by atoms with E-state index in [1.807, 2.05) is 6.21 Å². The molecule has 3 aliphatic heterocycles. The van der Waals surface area contributed by atoms with E-state index in [9.17, 15) is 0 Å². The van der Waals surface area contributed by atoms with Gasteiger partial charge in [0.25, 0.3) is 0 Å². The molecule has 0 bridgehead atoms. The summed E-state index contributed by atoms with van der Waals surface area (Å²) >= 11 is 0. The van der Waals surface area contributed by atoms with Gasteiger partial charge in [0.1, 0.15) is 0 Å². The molecule has 3 aliphatic rings. The quantitative estimate of drug-likeness (QED) is 0.778. The van der Waals surface area contributed by atoms with Crippen molar-refractivity contribution in [3.8, 4) is 0 Å². The van der Waals surface area contributed by atoms with Crippen LogP contribution in [0.3, 0.4) is 0 Å². The maximum atomic E-state index is 4.88. The van der Waals surface area contributed by atoms with Crippen LogP contribution in [0.25, 0.3) is 5.57 Å². The minimum Gasteiger partial charge on any atom is -0.298 e. The van der Waals surface area contributed by atoms with E-state index in [-0.39, 0.29) is 0 Å². The minimum absolute atomic E-state index is 0.809. The Morgan fingerprint density at radius 1 is 0.926 bits per heavy atom. The molecule has 2 aromatic rings. The van der Waals surface area contributed by atoms with Crippen molar-refractivity contribution in [1.29, 1.82) is 0 Å². The normalized spacial score (nSPS) is 18.7. The molecule has 1 saturated heterocycles. The zero-order valence-corrected chi connectivity index (χ0v) is 15.7. The Morgan fingerprint density at radius 2 is 1.74 bits per heavy atom. The van der Waals surface area contributed by atoms with Gasteiger partial charge in [-0.05, 0) is 72.3 Å². The molecule has 136 valence electrons. The van der Waals surface area contributed by atoms with Gasteiger partial charge in [-0.3, -0.25) is 14.9 Å². The second-order valence-corrected chi connectivity index (χ2v) is 7.86. The highest BCUT2D eigenvalue weighted by atomic mass is 15.1. The third-order valence-corrected chi connectivity index (χ3v) is 5.80. The van der Waals surface area contributed by atoms with Crippen molar-refractivity contribution < 1.29 is 0 Å². The van der Waals surface area contributed by atoms with Crippen molar-refractivity contribution in [3.05, 3.63) is 70.8 Å². The fourth-order valence-electron chi connectivity index (χ4n) is 4.33. The van der Waals surface area contributed by atoms with Gasteiger partial charge < -0.3 is 0 Å². The van der Waals surface area contributed by atoms with Crippen LogP contribution in [-0.4, -0.2) is 43.0 Å². The standard InChI is InChI=1S/C24H25N3/c1-2-12-27(11-1)17-23-15-22-14-19(5-8-24(22)26-23)13-18-3-6-20(7-4-18)21-9-10-25-16-21/h3-10,14H,1-2,11-13,15-17H2. The summed E-state index contributed by atoms with van der Waals surface area (Å²) in [6, 6.07) is 15.7. The molecule has 0 unspecified atom stereocenters. The molecule has 0 radical (unpaired) electrons. The minimum atomic E-state index is 0.809. The van der Waals surface area contributed by atoms with Crippen molar-refractivity contribution in [2.45, 2.75) is 25.7 Å². The molecule has 1 fully saturated rings. The van der Waals surface area contributed by atoms with E-state index in [0.717, 1.165) is 25.9 Å². The van der Waals surface area contributed by atoms with E-state index in [1.54, 1.807) is 0 Å². The van der Waals surface area contributed by atoms with Gasteiger partial charge in [0.2, 0.25) is 0 Å². The van der Waals surface area contributed by atoms with Crippen LogP contribution in [0.4, 0.5) is 5.69 Å². The van der Waals surface area contributed by atoms with Crippen LogP contribution < -0.4 is 0 Å². The van der Waals surface area contributed by atoms with Crippen molar-refractivity contribution in [2.24, 2.45) is 9.98 Å². The number of hydrogen-bond acceptors (Lipinski definition) is 3. The molecule has 3 nitrogen and oxygen atoms in total. The number of fused-ring (bicyclic) bond motifs is 1. The van der Waals surface area contributed by atoms with E-state index < -0.39 is 0 Å². The van der Waals surface area contributed by atoms with E-state index in [4.69, 9.17) is 4.99 Å². The van der Waals surface area contributed by atoms with Gasteiger partial charge in [-0.2, -0.15) is 0 Å². The topological polar surface area (TPSA) is 28.0 Å². The molecule has 0 aliphatic carbocycles. The first kappa shape index (κ1) is 16.6. The first-order valence-corrected chi connectivity index (χ1v) is 10.0. The van der Waals surface area contributed by atoms with Crippen LogP contribution in [0.15, 0.2) is 58.5 Å². The number of aliphatic imine (C=N–C) groups is 2. The predicted octanol–water partition coefficient (Wildman–Crippen LogP) is 4.47. The number of benzene rings is 2. The van der Waals surface area contributed by atoms with Crippen LogP contribution >= 0.6 is 0 Å². The van der Waals surface area contributed by atoms with Gasteiger partial charge in [0.05, 0.1) is 12.2 Å². The number of allylic oxidation sites excluding steroid dienone is 1. The van der Waals surface area contributed by atoms with E-state index in [1.165, 1.54) is 65.2 Å². The molecule has 27 heavy (non-hydrogen) atoms. The summed E-state index contributed by atoms with van der Waals surface area (Å²) in [6.45, 7) is 4.33. The van der Waals surface area contributed by atoms with Crippen LogP contribution in [0, 0.1) is 0 Å². The zero-order valence-electron chi connectivity index (χ0n) is 15.7. The predicted molar refractivity (Wildman–Crippen MR) is 113 cm³/mol. The van der Waals surface area contributed by atoms with Crippen LogP contribution in [0.2, 0.25) is 0 Å². The first-order chi connectivity index (χ1) is 13.3. The van der Waals surface area contributed by atoms with Crippen molar-refractivity contribution in [3.63, 3.8) is 0 Å². The highest BCUT2D eigenvalue weighted by Gasteiger charge is 2.19. The molecule has 0 aromatic heterocycles. The summed E-state index contributed by atoms with van der Waals surface area (Å²) in [4.78, 5) is 11.7. The zero-order chi connectivity index (χ0) is 18.1. The summed E-state index contributed by atoms with van der Waals surface area (Å²) in [6.07, 6.45) is 8.68. The smallest absolute Gasteiger partial charge is 0.0665 e. The monoisotopic (exact) mass is 355 g/mol. The van der Waals surface area contributed by atoms with E-state index in [2.05, 4.69) is 58.4 Å². The molecule has 5 rings (SSSR count). The summed E-state index contributed by atoms with van der Waals surface area (Å²) < 4.78 is 0. The molecular weight excluding hydrogens is 330 g/mol. The molecule has 0 spiro atoms. The Morgan fingerprint density at radius 3 is 2.52 bits per heavy atom. The number of rotatable bonds is 5. The SMILES string of the molecule is C1=NCC(c2ccc(Cc3ccc4c(c3)CC(CN3CCCC3)=N4)cc2)=C1. The number of likely N-dealkylation sites (tertiary alicyclic amines) is 1. The fraction of sp³-hybridized carbons (Fsp3) is 0.333. The van der Waals surface area contributed by atoms with Gasteiger partial charge in [0.15, 0.2) is 0 Å². The van der Waals surface area contributed by atoms with Crippen LogP contribution in [-0.2, 0) is 12.8 Å². The third-order valence-electron chi connectivity index (χ3n) is 5.80. The lowest BCUT2D eigenvalue weighted by atomic mass is 9.98. The molecule has 0 amide bonds. The maximum absolute atomic E-state index is 4.88. The van der Waals surface area contributed by atoms with E-state index in [0.29, 0.717) is 0 Å². The highest BCUT2D eigenvalue weighted by Crippen LogP contribution is 2.29. The number of nitrogens with zero attached hydrogens (tertiary/aromatic N) is 3. The van der Waals surface area contributed by atoms with Gasteiger partial charge in [-0.1, -0.05) is 36.4 Å². The van der Waals surface area contributed by atoms with Gasteiger partial charge in [0, 0.05) is 24.9 Å². The second kappa shape index (κ2) is 7.24. The highest BCUT2D eigenvalue weighted by molar-refractivity contribution is 5.95. The molecule has 0 atom stereocenters. The Labute approximate surface area is 161 Å². The molecule has 0 N–H and O–H groups in total. The van der Waals surface area contributed by atoms with Gasteiger partial charge in [-0.25, -0.2) is 0 Å². The Bertz CT molecular complexity index is 929. The lowest BCUT2D eigenvalue weighted by Gasteiger charge is -2.13. The Hall–Kier alpha value is -2.52. The molecule has 3 heterocycles. The lowest BCUT2D eigenvalue weighted by molar-refractivity contribution is 0.387. The molecular formula is C24H25N3. The third kappa shape index (κ3) is 3.65. The van der Waals surface area contributed by atoms with E-state index >= 15 is 0 Å². The summed E-state index contributed by atoms with van der Waals surface area (Å²) in [5, 5.41) is 0. The average Bonchev–Trinajstić information content (AvgIpc) is 3.44. The summed E-state index contributed by atoms with van der Waals surface area (Å²) in [5.41, 5.74) is 9.23. The summed E-state index contributed by atoms with van der Waals surface area (Å²) in [5.74, 6) is 0. The van der Waals surface area contributed by atoms with Gasteiger partial charge >= 0.3 is 0 Å². The van der Waals surface area contributed by atoms with Crippen LogP contribution in [0.1, 0.15) is 35.1 Å². The number of hydrogen-bond donors (Lipinski definition) is 0.